The number of aliphatic carboxylic acids is 1. The highest BCUT2D eigenvalue weighted by Crippen LogP contribution is 2.17. The van der Waals surface area contributed by atoms with Crippen LogP contribution in [0.4, 0.5) is 4.39 Å². The second-order valence-corrected chi connectivity index (χ2v) is 8.38. The second kappa shape index (κ2) is 12.6. The minimum Gasteiger partial charge on any atom is -0.478 e. The largest absolute Gasteiger partial charge is 0.478 e. The van der Waals surface area contributed by atoms with Crippen molar-refractivity contribution < 1.29 is 32.6 Å². The quantitative estimate of drug-likeness (QED) is 0.551. The molecule has 0 aliphatic carbocycles. The van der Waals surface area contributed by atoms with E-state index in [4.69, 9.17) is 10.2 Å². The van der Waals surface area contributed by atoms with Gasteiger partial charge in [-0.25, -0.2) is 18.0 Å². The first-order valence-electron chi connectivity index (χ1n) is 9.62. The van der Waals surface area contributed by atoms with Crippen molar-refractivity contribution in [2.24, 2.45) is 0 Å². The number of carbonyl (C=O) groups is 2. The zero-order chi connectivity index (χ0) is 23.4. The Morgan fingerprint density at radius 1 is 0.935 bits per heavy atom. The van der Waals surface area contributed by atoms with Gasteiger partial charge in [-0.15, -0.1) is 0 Å². The van der Waals surface area contributed by atoms with Gasteiger partial charge in [-0.2, -0.15) is 8.70 Å². The van der Waals surface area contributed by atoms with Crippen LogP contribution in [-0.2, 0) is 14.8 Å². The highest BCUT2D eigenvalue weighted by molar-refractivity contribution is 7.89. The van der Waals surface area contributed by atoms with Gasteiger partial charge in [0, 0.05) is 13.1 Å². The van der Waals surface area contributed by atoms with Crippen molar-refractivity contribution in [3.05, 3.63) is 71.6 Å². The number of rotatable bonds is 9. The van der Waals surface area contributed by atoms with Gasteiger partial charge in [0.25, 0.3) is 0 Å². The fourth-order valence-electron chi connectivity index (χ4n) is 2.53. The molecule has 0 heterocycles. The molecule has 0 aliphatic rings. The van der Waals surface area contributed by atoms with Gasteiger partial charge < -0.3 is 10.2 Å². The Morgan fingerprint density at radius 3 is 1.87 bits per heavy atom. The molecule has 0 aliphatic heterocycles. The first-order valence-corrected chi connectivity index (χ1v) is 11.1. The first-order chi connectivity index (χ1) is 14.6. The van der Waals surface area contributed by atoms with Crippen molar-refractivity contribution >= 4 is 28.0 Å². The Hall–Kier alpha value is -3.04. The van der Waals surface area contributed by atoms with Crippen LogP contribution in [0.3, 0.4) is 0 Å². The maximum absolute atomic E-state index is 12.5. The van der Waals surface area contributed by atoms with Crippen LogP contribution in [0.2, 0.25) is 0 Å². The molecule has 0 bridgehead atoms. The first kappa shape index (κ1) is 26.0. The molecule has 0 saturated carbocycles. The number of halogens is 1. The van der Waals surface area contributed by atoms with Crippen LogP contribution in [-0.4, -0.2) is 48.0 Å². The van der Waals surface area contributed by atoms with Gasteiger partial charge in [0.1, 0.15) is 0 Å². The highest BCUT2D eigenvalue weighted by atomic mass is 32.2. The molecule has 9 heteroatoms. The number of nitrogens with zero attached hydrogens (tertiary/aromatic N) is 1. The van der Waals surface area contributed by atoms with E-state index in [1.807, 2.05) is 13.8 Å². The molecule has 31 heavy (non-hydrogen) atoms. The number of carboxylic acids is 2. The third-order valence-corrected chi connectivity index (χ3v) is 5.90. The summed E-state index contributed by atoms with van der Waals surface area (Å²) in [5, 5.41) is 17.0. The van der Waals surface area contributed by atoms with Crippen molar-refractivity contribution in [3.63, 3.8) is 0 Å². The van der Waals surface area contributed by atoms with E-state index in [0.717, 1.165) is 18.9 Å². The summed E-state index contributed by atoms with van der Waals surface area (Å²) in [6, 6.07) is 13.8. The summed E-state index contributed by atoms with van der Waals surface area (Å²) in [5.41, 5.74) is 0.619. The number of hydrogen-bond donors (Lipinski definition) is 2. The molecule has 0 aromatic heterocycles. The lowest BCUT2D eigenvalue weighted by molar-refractivity contribution is -0.134. The Morgan fingerprint density at radius 2 is 1.45 bits per heavy atom. The second-order valence-electron chi connectivity index (χ2n) is 6.44. The van der Waals surface area contributed by atoms with Crippen LogP contribution >= 0.6 is 0 Å². The van der Waals surface area contributed by atoms with Gasteiger partial charge in [0.2, 0.25) is 15.9 Å². The predicted octanol–water partition coefficient (Wildman–Crippen LogP) is 4.28. The van der Waals surface area contributed by atoms with Crippen molar-refractivity contribution in [2.45, 2.75) is 31.6 Å². The van der Waals surface area contributed by atoms with Gasteiger partial charge in [-0.3, -0.25) is 0 Å². The fraction of sp³-hybridized carbons (Fsp3) is 0.273. The van der Waals surface area contributed by atoms with Crippen LogP contribution in [0.1, 0.15) is 42.6 Å². The van der Waals surface area contributed by atoms with Crippen LogP contribution < -0.4 is 0 Å². The summed E-state index contributed by atoms with van der Waals surface area (Å²) in [7, 11) is -3.53. The van der Waals surface area contributed by atoms with Crippen molar-refractivity contribution in [3.8, 4) is 0 Å². The van der Waals surface area contributed by atoms with E-state index in [1.54, 1.807) is 30.3 Å². The fourth-order valence-corrected chi connectivity index (χ4v) is 4.15. The molecule has 0 atom stereocenters. The number of hydrogen-bond acceptors (Lipinski definition) is 4. The zero-order valence-corrected chi connectivity index (χ0v) is 18.2. The normalized spacial score (nSPS) is 11.5. The molecule has 0 spiro atoms. The standard InChI is InChI=1S/C13H19NO4S.C9H7FO2/c1-3-9-14(10-4-2)19(17,18)12-7-5-11(6-8-12)13(15)16;10-8(9(11)12)6-7-4-2-1-3-5-7/h5-8H,3-4,9-10H2,1-2H3,(H,15,16);1-6H,(H,11,12). The molecular formula is C22H26FNO6S. The van der Waals surface area contributed by atoms with Gasteiger partial charge >= 0.3 is 11.9 Å². The Labute approximate surface area is 181 Å². The predicted molar refractivity (Wildman–Crippen MR) is 116 cm³/mol. The van der Waals surface area contributed by atoms with E-state index >= 15 is 0 Å². The summed E-state index contributed by atoms with van der Waals surface area (Å²) in [5.74, 6) is -3.76. The molecule has 0 unspecified atom stereocenters. The molecule has 7 nitrogen and oxygen atoms in total. The van der Waals surface area contributed by atoms with Crippen LogP contribution in [0.25, 0.3) is 6.08 Å². The molecule has 2 rings (SSSR count). The lowest BCUT2D eigenvalue weighted by atomic mass is 10.2. The third-order valence-electron chi connectivity index (χ3n) is 3.98. The van der Waals surface area contributed by atoms with Gasteiger partial charge in [0.15, 0.2) is 0 Å². The zero-order valence-electron chi connectivity index (χ0n) is 17.4. The lowest BCUT2D eigenvalue weighted by Gasteiger charge is -2.20. The van der Waals surface area contributed by atoms with E-state index < -0.39 is 27.8 Å². The van der Waals surface area contributed by atoms with E-state index in [1.165, 1.54) is 28.6 Å². The summed E-state index contributed by atoms with van der Waals surface area (Å²) >= 11 is 0. The van der Waals surface area contributed by atoms with Gasteiger partial charge in [-0.1, -0.05) is 44.2 Å². The van der Waals surface area contributed by atoms with Gasteiger partial charge in [-0.05, 0) is 48.7 Å². The maximum atomic E-state index is 12.5. The van der Waals surface area contributed by atoms with E-state index in [0.29, 0.717) is 18.7 Å². The molecule has 168 valence electrons. The average Bonchev–Trinajstić information content (AvgIpc) is 2.74. The summed E-state index contributed by atoms with van der Waals surface area (Å²) in [6.07, 6.45) is 2.46. The molecule has 2 aromatic carbocycles. The smallest absolute Gasteiger partial charge is 0.364 e. The lowest BCUT2D eigenvalue weighted by Crippen LogP contribution is -2.32. The van der Waals surface area contributed by atoms with E-state index in [-0.39, 0.29) is 10.5 Å². The van der Waals surface area contributed by atoms with Crippen LogP contribution in [0.15, 0.2) is 65.3 Å². The molecule has 0 amide bonds. The van der Waals surface area contributed by atoms with Crippen LogP contribution in [0.5, 0.6) is 0 Å². The molecule has 0 saturated heterocycles. The number of sulfonamides is 1. The monoisotopic (exact) mass is 451 g/mol. The Kier molecular flexibility index (Phi) is 10.6. The minimum absolute atomic E-state index is 0.0801. The Bertz CT molecular complexity index is 982. The number of aromatic carboxylic acids is 1. The molecule has 2 aromatic rings. The number of carboxylic acid groups (broad SMARTS) is 2. The molecule has 2 N–H and O–H groups in total. The van der Waals surface area contributed by atoms with Crippen molar-refractivity contribution in [1.29, 1.82) is 0 Å². The van der Waals surface area contributed by atoms with E-state index in [2.05, 4.69) is 0 Å². The van der Waals surface area contributed by atoms with E-state index in [9.17, 15) is 22.4 Å². The van der Waals surface area contributed by atoms with Crippen molar-refractivity contribution in [2.75, 3.05) is 13.1 Å². The van der Waals surface area contributed by atoms with Crippen molar-refractivity contribution in [1.82, 2.24) is 4.31 Å². The SMILES string of the molecule is CCCN(CCC)S(=O)(=O)c1ccc(C(=O)O)cc1.O=C(O)C(F)=Cc1ccccc1. The molecule has 0 radical (unpaired) electrons. The molecular weight excluding hydrogens is 425 g/mol. The summed E-state index contributed by atoms with van der Waals surface area (Å²) in [4.78, 5) is 20.9. The average molecular weight is 452 g/mol. The molecule has 0 fully saturated rings. The Balaban J connectivity index is 0.000000343. The third kappa shape index (κ3) is 8.31. The minimum atomic E-state index is -3.53. The van der Waals surface area contributed by atoms with Gasteiger partial charge in [0.05, 0.1) is 10.5 Å². The maximum Gasteiger partial charge on any atom is 0.364 e. The summed E-state index contributed by atoms with van der Waals surface area (Å²) < 4.78 is 38.6. The summed E-state index contributed by atoms with van der Waals surface area (Å²) in [6.45, 7) is 4.78. The number of benzene rings is 2. The highest BCUT2D eigenvalue weighted by Gasteiger charge is 2.23. The van der Waals surface area contributed by atoms with Crippen LogP contribution in [0, 0.1) is 0 Å². The topological polar surface area (TPSA) is 112 Å².